The summed E-state index contributed by atoms with van der Waals surface area (Å²) in [6.45, 7) is 3.53. The topological polar surface area (TPSA) is 115 Å². The highest BCUT2D eigenvalue weighted by Gasteiger charge is 2.17. The number of carboxylic acid groups (broad SMARTS) is 2. The van der Waals surface area contributed by atoms with Gasteiger partial charge in [-0.1, -0.05) is 26.0 Å². The van der Waals surface area contributed by atoms with Crippen LogP contribution in [0.5, 0.6) is 0 Å². The van der Waals surface area contributed by atoms with Gasteiger partial charge in [0, 0.05) is 0 Å². The second-order valence-electron chi connectivity index (χ2n) is 5.23. The van der Waals surface area contributed by atoms with Crippen molar-refractivity contribution >= 4 is 11.9 Å². The Kier molecular flexibility index (Phi) is 8.83. The molecule has 0 saturated carbocycles. The number of allylic oxidation sites excluding steroid dienone is 2. The van der Waals surface area contributed by atoms with Crippen molar-refractivity contribution in [3.63, 3.8) is 0 Å². The number of hydrogen-bond donors (Lipinski definition) is 4. The summed E-state index contributed by atoms with van der Waals surface area (Å²) >= 11 is 0. The molecule has 0 aliphatic carbocycles. The molecule has 20 heavy (non-hydrogen) atoms. The summed E-state index contributed by atoms with van der Waals surface area (Å²) in [4.78, 5) is 20.9. The largest absolute Gasteiger partial charge is 0.481 e. The Balaban J connectivity index is 4.01. The van der Waals surface area contributed by atoms with Crippen LogP contribution in [0.1, 0.15) is 39.5 Å². The standard InChI is InChI=1S/C14H24O6/c1-9(11(15)7-13(17)18)5-3-4-6-10(2)12(16)8-14(19)20/h3-4,9-12,15-16H,5-8H2,1-2H3,(H,17,18)(H,19,20)/b4-3+/t9-,10+,11-,12-/m0/s1. The third kappa shape index (κ3) is 8.66. The maximum atomic E-state index is 10.4. The zero-order valence-corrected chi connectivity index (χ0v) is 11.9. The summed E-state index contributed by atoms with van der Waals surface area (Å²) in [7, 11) is 0. The molecule has 0 unspecified atom stereocenters. The van der Waals surface area contributed by atoms with E-state index in [1.165, 1.54) is 0 Å². The highest BCUT2D eigenvalue weighted by molar-refractivity contribution is 5.67. The molecule has 0 radical (unpaired) electrons. The van der Waals surface area contributed by atoms with Crippen molar-refractivity contribution in [1.82, 2.24) is 0 Å². The van der Waals surface area contributed by atoms with Crippen LogP contribution in [0.2, 0.25) is 0 Å². The lowest BCUT2D eigenvalue weighted by Crippen LogP contribution is -2.21. The number of carboxylic acids is 2. The van der Waals surface area contributed by atoms with Gasteiger partial charge in [0.15, 0.2) is 0 Å². The molecule has 0 aromatic carbocycles. The average molecular weight is 288 g/mol. The van der Waals surface area contributed by atoms with Crippen LogP contribution in [-0.4, -0.2) is 44.6 Å². The molecule has 6 heteroatoms. The van der Waals surface area contributed by atoms with Crippen molar-refractivity contribution in [1.29, 1.82) is 0 Å². The summed E-state index contributed by atoms with van der Waals surface area (Å²) in [5.41, 5.74) is 0. The van der Waals surface area contributed by atoms with E-state index in [9.17, 15) is 19.8 Å². The molecular formula is C14H24O6. The predicted molar refractivity (Wildman–Crippen MR) is 73.2 cm³/mol. The average Bonchev–Trinajstić information content (AvgIpc) is 2.32. The number of carbonyl (C=O) groups is 2. The van der Waals surface area contributed by atoms with Crippen molar-refractivity contribution in [2.45, 2.75) is 51.7 Å². The molecule has 0 bridgehead atoms. The molecule has 0 amide bonds. The van der Waals surface area contributed by atoms with E-state index >= 15 is 0 Å². The first kappa shape index (κ1) is 18.6. The summed E-state index contributed by atoms with van der Waals surface area (Å²) < 4.78 is 0. The van der Waals surface area contributed by atoms with E-state index < -0.39 is 24.1 Å². The zero-order valence-electron chi connectivity index (χ0n) is 11.9. The fraction of sp³-hybridized carbons (Fsp3) is 0.714. The smallest absolute Gasteiger partial charge is 0.305 e. The summed E-state index contributed by atoms with van der Waals surface area (Å²) in [5.74, 6) is -2.39. The first-order valence-electron chi connectivity index (χ1n) is 6.68. The second kappa shape index (κ2) is 9.50. The van der Waals surface area contributed by atoms with Gasteiger partial charge in [-0.05, 0) is 24.7 Å². The minimum Gasteiger partial charge on any atom is -0.481 e. The third-order valence-electron chi connectivity index (χ3n) is 3.26. The molecule has 0 aliphatic rings. The molecule has 0 aromatic rings. The van der Waals surface area contributed by atoms with E-state index in [0.29, 0.717) is 12.8 Å². The molecule has 4 atom stereocenters. The molecule has 0 spiro atoms. The first-order chi connectivity index (χ1) is 9.23. The molecule has 0 aromatic heterocycles. The molecule has 0 heterocycles. The highest BCUT2D eigenvalue weighted by atomic mass is 16.4. The molecule has 6 nitrogen and oxygen atoms in total. The van der Waals surface area contributed by atoms with E-state index in [1.54, 1.807) is 13.8 Å². The van der Waals surface area contributed by atoms with Gasteiger partial charge >= 0.3 is 11.9 Å². The van der Waals surface area contributed by atoms with Gasteiger partial charge < -0.3 is 20.4 Å². The number of aliphatic hydroxyl groups is 2. The van der Waals surface area contributed by atoms with E-state index in [0.717, 1.165) is 0 Å². The lowest BCUT2D eigenvalue weighted by Gasteiger charge is -2.16. The normalized spacial score (nSPS) is 17.6. The quantitative estimate of drug-likeness (QED) is 0.450. The highest BCUT2D eigenvalue weighted by Crippen LogP contribution is 2.15. The third-order valence-corrected chi connectivity index (χ3v) is 3.26. The molecule has 0 aliphatic heterocycles. The van der Waals surface area contributed by atoms with Crippen LogP contribution in [0.3, 0.4) is 0 Å². The lowest BCUT2D eigenvalue weighted by atomic mass is 9.95. The van der Waals surface area contributed by atoms with E-state index in [2.05, 4.69) is 0 Å². The van der Waals surface area contributed by atoms with Crippen molar-refractivity contribution in [3.05, 3.63) is 12.2 Å². The van der Waals surface area contributed by atoms with Crippen molar-refractivity contribution in [2.75, 3.05) is 0 Å². The van der Waals surface area contributed by atoms with E-state index in [1.807, 2.05) is 12.2 Å². The van der Waals surface area contributed by atoms with Crippen LogP contribution >= 0.6 is 0 Å². The number of aliphatic carboxylic acids is 2. The van der Waals surface area contributed by atoms with Gasteiger partial charge in [-0.2, -0.15) is 0 Å². The minimum atomic E-state index is -1.03. The first-order valence-corrected chi connectivity index (χ1v) is 6.68. The molecule has 0 saturated heterocycles. The Bertz CT molecular complexity index is 307. The van der Waals surface area contributed by atoms with E-state index in [-0.39, 0.29) is 24.7 Å². The van der Waals surface area contributed by atoms with E-state index in [4.69, 9.17) is 10.2 Å². The van der Waals surface area contributed by atoms with Gasteiger partial charge in [0.25, 0.3) is 0 Å². The zero-order chi connectivity index (χ0) is 15.7. The van der Waals surface area contributed by atoms with Crippen molar-refractivity contribution < 1.29 is 30.0 Å². The number of rotatable bonds is 10. The second-order valence-corrected chi connectivity index (χ2v) is 5.23. The Hall–Kier alpha value is -1.40. The minimum absolute atomic E-state index is 0.165. The predicted octanol–water partition coefficient (Wildman–Crippen LogP) is 1.27. The summed E-state index contributed by atoms with van der Waals surface area (Å²) in [6.07, 6.45) is 2.40. The van der Waals surface area contributed by atoms with Gasteiger partial charge in [-0.3, -0.25) is 9.59 Å². The lowest BCUT2D eigenvalue weighted by molar-refractivity contribution is -0.141. The number of aliphatic hydroxyl groups excluding tert-OH is 2. The molecule has 0 fully saturated rings. The van der Waals surface area contributed by atoms with Crippen LogP contribution in [0.15, 0.2) is 12.2 Å². The summed E-state index contributed by atoms with van der Waals surface area (Å²) in [6, 6.07) is 0. The monoisotopic (exact) mass is 288 g/mol. The van der Waals surface area contributed by atoms with Crippen LogP contribution in [0, 0.1) is 11.8 Å². The van der Waals surface area contributed by atoms with Crippen molar-refractivity contribution in [3.8, 4) is 0 Å². The Labute approximate surface area is 118 Å². The summed E-state index contributed by atoms with van der Waals surface area (Å²) in [5, 5.41) is 36.2. The van der Waals surface area contributed by atoms with Crippen LogP contribution in [0.25, 0.3) is 0 Å². The van der Waals surface area contributed by atoms with Gasteiger partial charge in [0.05, 0.1) is 25.0 Å². The van der Waals surface area contributed by atoms with Crippen LogP contribution < -0.4 is 0 Å². The molecular weight excluding hydrogens is 264 g/mol. The fourth-order valence-electron chi connectivity index (χ4n) is 1.70. The molecule has 116 valence electrons. The number of hydrogen-bond acceptors (Lipinski definition) is 4. The SMILES string of the molecule is C[C@H](C/C=C/C[C@H](C)[C@@H](O)CC(=O)O)[C@@H](O)CC(=O)O. The Morgan fingerprint density at radius 1 is 0.850 bits per heavy atom. The van der Waals surface area contributed by atoms with Crippen molar-refractivity contribution in [2.24, 2.45) is 11.8 Å². The maximum absolute atomic E-state index is 10.4. The van der Waals surface area contributed by atoms with Gasteiger partial charge in [0.1, 0.15) is 0 Å². The fourth-order valence-corrected chi connectivity index (χ4v) is 1.70. The Morgan fingerprint density at radius 2 is 1.15 bits per heavy atom. The van der Waals surface area contributed by atoms with Gasteiger partial charge in [-0.25, -0.2) is 0 Å². The van der Waals surface area contributed by atoms with Crippen LogP contribution in [0.4, 0.5) is 0 Å². The maximum Gasteiger partial charge on any atom is 0.305 e. The molecule has 4 N–H and O–H groups in total. The Morgan fingerprint density at radius 3 is 1.40 bits per heavy atom. The molecule has 0 rings (SSSR count). The van der Waals surface area contributed by atoms with Gasteiger partial charge in [-0.15, -0.1) is 0 Å². The van der Waals surface area contributed by atoms with Crippen LogP contribution in [-0.2, 0) is 9.59 Å². The van der Waals surface area contributed by atoms with Gasteiger partial charge in [0.2, 0.25) is 0 Å².